The first-order valence-electron chi connectivity index (χ1n) is 9.31. The van der Waals surface area contributed by atoms with E-state index in [-0.39, 0.29) is 24.0 Å². The SMILES string of the molecule is Cc1ccc(C2Cc3cc(C(=O)NC4CCCC4)ccc3C(=O)O2)cc1. The number of hydrogen-bond acceptors (Lipinski definition) is 3. The van der Waals surface area contributed by atoms with Crippen molar-refractivity contribution in [3.63, 3.8) is 0 Å². The Morgan fingerprint density at radius 3 is 2.54 bits per heavy atom. The van der Waals surface area contributed by atoms with E-state index < -0.39 is 0 Å². The van der Waals surface area contributed by atoms with E-state index in [1.165, 1.54) is 18.4 Å². The minimum absolute atomic E-state index is 0.0504. The highest BCUT2D eigenvalue weighted by Crippen LogP contribution is 2.31. The summed E-state index contributed by atoms with van der Waals surface area (Å²) in [6, 6.07) is 13.6. The molecule has 0 spiro atoms. The van der Waals surface area contributed by atoms with Gasteiger partial charge in [-0.15, -0.1) is 0 Å². The van der Waals surface area contributed by atoms with E-state index in [2.05, 4.69) is 5.32 Å². The van der Waals surface area contributed by atoms with Crippen molar-refractivity contribution >= 4 is 11.9 Å². The standard InChI is InChI=1S/C22H23NO3/c1-14-6-8-15(9-7-14)20-13-17-12-16(10-11-19(17)22(25)26-20)21(24)23-18-4-2-3-5-18/h6-12,18,20H,2-5,13H2,1H3,(H,23,24). The highest BCUT2D eigenvalue weighted by Gasteiger charge is 2.28. The minimum Gasteiger partial charge on any atom is -0.454 e. The van der Waals surface area contributed by atoms with Crippen LogP contribution in [-0.2, 0) is 11.2 Å². The summed E-state index contributed by atoms with van der Waals surface area (Å²) in [4.78, 5) is 24.9. The van der Waals surface area contributed by atoms with Crippen LogP contribution in [0.5, 0.6) is 0 Å². The van der Waals surface area contributed by atoms with Gasteiger partial charge in [0, 0.05) is 18.0 Å². The minimum atomic E-state index is -0.320. The van der Waals surface area contributed by atoms with Crippen LogP contribution in [0.1, 0.15) is 69.2 Å². The van der Waals surface area contributed by atoms with E-state index >= 15 is 0 Å². The van der Waals surface area contributed by atoms with E-state index in [0.717, 1.165) is 24.0 Å². The summed E-state index contributed by atoms with van der Waals surface area (Å²) in [5, 5.41) is 3.11. The molecule has 4 rings (SSSR count). The van der Waals surface area contributed by atoms with Gasteiger partial charge in [-0.2, -0.15) is 0 Å². The van der Waals surface area contributed by atoms with Gasteiger partial charge in [0.2, 0.25) is 0 Å². The molecular weight excluding hydrogens is 326 g/mol. The Morgan fingerprint density at radius 2 is 1.81 bits per heavy atom. The van der Waals surface area contributed by atoms with Crippen LogP contribution in [0.15, 0.2) is 42.5 Å². The molecule has 2 aliphatic rings. The molecule has 0 bridgehead atoms. The summed E-state index contributed by atoms with van der Waals surface area (Å²) >= 11 is 0. The molecule has 1 heterocycles. The van der Waals surface area contributed by atoms with Crippen molar-refractivity contribution in [3.8, 4) is 0 Å². The average Bonchev–Trinajstić information content (AvgIpc) is 3.14. The molecule has 4 heteroatoms. The van der Waals surface area contributed by atoms with Crippen LogP contribution < -0.4 is 5.32 Å². The summed E-state index contributed by atoms with van der Waals surface area (Å²) < 4.78 is 5.61. The molecule has 26 heavy (non-hydrogen) atoms. The van der Waals surface area contributed by atoms with E-state index in [1.807, 2.05) is 37.3 Å². The van der Waals surface area contributed by atoms with Gasteiger partial charge in [-0.25, -0.2) is 4.79 Å². The Balaban J connectivity index is 1.56. The smallest absolute Gasteiger partial charge is 0.339 e. The third kappa shape index (κ3) is 3.36. The van der Waals surface area contributed by atoms with Gasteiger partial charge >= 0.3 is 5.97 Å². The fourth-order valence-electron chi connectivity index (χ4n) is 3.84. The fourth-order valence-corrected chi connectivity index (χ4v) is 3.84. The summed E-state index contributed by atoms with van der Waals surface area (Å²) in [5.41, 5.74) is 4.21. The second kappa shape index (κ2) is 6.94. The maximum Gasteiger partial charge on any atom is 0.339 e. The zero-order chi connectivity index (χ0) is 18.1. The Kier molecular flexibility index (Phi) is 4.49. The Labute approximate surface area is 153 Å². The number of aryl methyl sites for hydroxylation is 1. The number of benzene rings is 2. The second-order valence-electron chi connectivity index (χ2n) is 7.34. The number of esters is 1. The van der Waals surface area contributed by atoms with E-state index in [9.17, 15) is 9.59 Å². The van der Waals surface area contributed by atoms with Gasteiger partial charge in [0.25, 0.3) is 5.91 Å². The molecule has 1 aliphatic carbocycles. The summed E-state index contributed by atoms with van der Waals surface area (Å²) in [6.45, 7) is 2.03. The molecule has 1 fully saturated rings. The zero-order valence-electron chi connectivity index (χ0n) is 15.0. The largest absolute Gasteiger partial charge is 0.454 e. The number of carbonyl (C=O) groups is 2. The van der Waals surface area contributed by atoms with Crippen molar-refractivity contribution in [1.82, 2.24) is 5.32 Å². The number of ether oxygens (including phenoxy) is 1. The number of carbonyl (C=O) groups excluding carboxylic acids is 2. The molecule has 1 unspecified atom stereocenters. The third-order valence-corrected chi connectivity index (χ3v) is 5.38. The van der Waals surface area contributed by atoms with Gasteiger partial charge in [0.05, 0.1) is 5.56 Å². The molecule has 1 aliphatic heterocycles. The second-order valence-corrected chi connectivity index (χ2v) is 7.34. The number of fused-ring (bicyclic) bond motifs is 1. The average molecular weight is 349 g/mol. The predicted molar refractivity (Wildman–Crippen MR) is 99.2 cm³/mol. The molecule has 4 nitrogen and oxygen atoms in total. The normalized spacial score (nSPS) is 19.7. The molecule has 1 amide bonds. The van der Waals surface area contributed by atoms with E-state index in [0.29, 0.717) is 17.5 Å². The lowest BCUT2D eigenvalue weighted by Crippen LogP contribution is -2.33. The fraction of sp³-hybridized carbons (Fsp3) is 0.364. The van der Waals surface area contributed by atoms with Crippen molar-refractivity contribution < 1.29 is 14.3 Å². The molecule has 1 saturated carbocycles. The molecule has 134 valence electrons. The Hall–Kier alpha value is -2.62. The highest BCUT2D eigenvalue weighted by molar-refractivity contribution is 5.98. The Morgan fingerprint density at radius 1 is 1.08 bits per heavy atom. The molecule has 2 aromatic rings. The number of amides is 1. The molecular formula is C22H23NO3. The quantitative estimate of drug-likeness (QED) is 0.848. The number of hydrogen-bond donors (Lipinski definition) is 1. The number of cyclic esters (lactones) is 1. The lowest BCUT2D eigenvalue weighted by atomic mass is 9.92. The van der Waals surface area contributed by atoms with Crippen molar-refractivity contribution in [3.05, 3.63) is 70.3 Å². The first-order valence-corrected chi connectivity index (χ1v) is 9.31. The van der Waals surface area contributed by atoms with Crippen LogP contribution >= 0.6 is 0 Å². The Bertz CT molecular complexity index is 835. The first-order chi connectivity index (χ1) is 12.6. The highest BCUT2D eigenvalue weighted by atomic mass is 16.5. The van der Waals surface area contributed by atoms with Gasteiger partial charge in [0.1, 0.15) is 6.10 Å². The molecule has 2 aromatic carbocycles. The summed E-state index contributed by atoms with van der Waals surface area (Å²) in [5.74, 6) is -0.370. The van der Waals surface area contributed by atoms with Crippen LogP contribution in [0.25, 0.3) is 0 Å². The molecule has 0 radical (unpaired) electrons. The molecule has 1 N–H and O–H groups in total. The summed E-state index contributed by atoms with van der Waals surface area (Å²) in [7, 11) is 0. The van der Waals surface area contributed by atoms with Crippen LogP contribution in [0, 0.1) is 6.92 Å². The maximum atomic E-state index is 12.5. The van der Waals surface area contributed by atoms with E-state index in [1.54, 1.807) is 12.1 Å². The van der Waals surface area contributed by atoms with Crippen LogP contribution in [0.3, 0.4) is 0 Å². The monoisotopic (exact) mass is 349 g/mol. The molecule has 1 atom stereocenters. The first kappa shape index (κ1) is 16.8. The lowest BCUT2D eigenvalue weighted by Gasteiger charge is -2.25. The molecule has 0 saturated heterocycles. The van der Waals surface area contributed by atoms with Crippen molar-refractivity contribution in [2.75, 3.05) is 0 Å². The zero-order valence-corrected chi connectivity index (χ0v) is 15.0. The van der Waals surface area contributed by atoms with Crippen LogP contribution in [0.4, 0.5) is 0 Å². The van der Waals surface area contributed by atoms with Gasteiger partial charge < -0.3 is 10.1 Å². The van der Waals surface area contributed by atoms with Crippen LogP contribution in [-0.4, -0.2) is 17.9 Å². The van der Waals surface area contributed by atoms with E-state index in [4.69, 9.17) is 4.74 Å². The summed E-state index contributed by atoms with van der Waals surface area (Å²) in [6.07, 6.45) is 4.76. The lowest BCUT2D eigenvalue weighted by molar-refractivity contribution is 0.0252. The van der Waals surface area contributed by atoms with Gasteiger partial charge in [-0.05, 0) is 49.1 Å². The predicted octanol–water partition coefficient (Wildman–Crippen LogP) is 4.12. The third-order valence-electron chi connectivity index (χ3n) is 5.38. The number of nitrogens with one attached hydrogen (secondary N) is 1. The van der Waals surface area contributed by atoms with Gasteiger partial charge in [-0.3, -0.25) is 4.79 Å². The topological polar surface area (TPSA) is 55.4 Å². The van der Waals surface area contributed by atoms with Crippen molar-refractivity contribution in [1.29, 1.82) is 0 Å². The van der Waals surface area contributed by atoms with Gasteiger partial charge in [0.15, 0.2) is 0 Å². The molecule has 0 aromatic heterocycles. The van der Waals surface area contributed by atoms with Crippen molar-refractivity contribution in [2.24, 2.45) is 0 Å². The van der Waals surface area contributed by atoms with Crippen molar-refractivity contribution in [2.45, 2.75) is 51.2 Å². The maximum absolute atomic E-state index is 12.5. The van der Waals surface area contributed by atoms with Crippen LogP contribution in [0.2, 0.25) is 0 Å². The number of rotatable bonds is 3. The van der Waals surface area contributed by atoms with Gasteiger partial charge in [-0.1, -0.05) is 42.7 Å².